The molecular weight excluding hydrogens is 356 g/mol. The summed E-state index contributed by atoms with van der Waals surface area (Å²) in [5, 5.41) is 0. The number of nitrogens with zero attached hydrogens (tertiary/aromatic N) is 4. The van der Waals surface area contributed by atoms with Gasteiger partial charge in [0.25, 0.3) is 0 Å². The lowest BCUT2D eigenvalue weighted by Crippen LogP contribution is -2.53. The van der Waals surface area contributed by atoms with Crippen molar-refractivity contribution in [2.45, 2.75) is 64.5 Å². The monoisotopic (exact) mass is 388 g/mol. The lowest BCUT2D eigenvalue weighted by Gasteiger charge is -2.47. The molecule has 1 aromatic rings. The highest BCUT2D eigenvalue weighted by Crippen LogP contribution is 2.40. The fourth-order valence-electron chi connectivity index (χ4n) is 4.99. The minimum absolute atomic E-state index is 0.172. The summed E-state index contributed by atoms with van der Waals surface area (Å²) in [6, 6.07) is 0. The van der Waals surface area contributed by atoms with E-state index in [1.807, 2.05) is 20.6 Å². The second-order valence-electron chi connectivity index (χ2n) is 8.62. The van der Waals surface area contributed by atoms with E-state index in [0.717, 1.165) is 77.1 Å². The number of imidazole rings is 1. The molecule has 0 radical (unpaired) electrons. The minimum Gasteiger partial charge on any atom is -0.376 e. The van der Waals surface area contributed by atoms with Gasteiger partial charge < -0.3 is 19.1 Å². The zero-order valence-electron chi connectivity index (χ0n) is 16.9. The number of carbonyl (C=O) groups excluding carboxylic acids is 2. The lowest BCUT2D eigenvalue weighted by atomic mass is 9.72. The Hall–Kier alpha value is -1.89. The Kier molecular flexibility index (Phi) is 5.71. The molecule has 1 aromatic heterocycles. The number of ether oxygens (including phenoxy) is 1. The molecule has 3 aliphatic heterocycles. The summed E-state index contributed by atoms with van der Waals surface area (Å²) in [6.07, 6.45) is 10.4. The molecule has 0 saturated carbocycles. The highest BCUT2D eigenvalue weighted by atomic mass is 16.5. The number of likely N-dealkylation sites (tertiary alicyclic amines) is 2. The van der Waals surface area contributed by atoms with E-state index in [9.17, 15) is 9.59 Å². The molecule has 2 amide bonds. The fourth-order valence-corrected chi connectivity index (χ4v) is 4.99. The van der Waals surface area contributed by atoms with Crippen molar-refractivity contribution in [2.75, 3.05) is 32.8 Å². The molecule has 0 aliphatic carbocycles. The molecule has 1 spiro atoms. The van der Waals surface area contributed by atoms with Gasteiger partial charge in [-0.05, 0) is 37.5 Å². The van der Waals surface area contributed by atoms with Crippen molar-refractivity contribution in [3.8, 4) is 0 Å². The molecule has 0 bridgehead atoms. The van der Waals surface area contributed by atoms with Crippen LogP contribution in [0.4, 0.5) is 0 Å². The maximum atomic E-state index is 12.7. The van der Waals surface area contributed by atoms with E-state index in [4.69, 9.17) is 4.74 Å². The van der Waals surface area contributed by atoms with Gasteiger partial charge in [0.15, 0.2) is 0 Å². The van der Waals surface area contributed by atoms with Gasteiger partial charge in [-0.15, -0.1) is 0 Å². The number of hydrogen-bond donors (Lipinski definition) is 0. The first-order chi connectivity index (χ1) is 13.6. The standard InChI is InChI=1S/C21H32N4O3/c1-2-18-22-9-12-24(18)15-20(27)23-10-7-21(8-11-23)6-5-19(26)25(16-21)14-17-4-3-13-28-17/h9,12,17H,2-8,10-11,13-16H2,1H3. The van der Waals surface area contributed by atoms with Crippen molar-refractivity contribution in [1.82, 2.24) is 19.4 Å². The maximum Gasteiger partial charge on any atom is 0.242 e. The predicted molar refractivity (Wildman–Crippen MR) is 105 cm³/mol. The normalized spacial score (nSPS) is 24.9. The summed E-state index contributed by atoms with van der Waals surface area (Å²) >= 11 is 0. The third kappa shape index (κ3) is 4.09. The number of rotatable bonds is 5. The first kappa shape index (κ1) is 19.4. The van der Waals surface area contributed by atoms with Crippen LogP contribution in [0.3, 0.4) is 0 Å². The molecule has 1 unspecified atom stereocenters. The second-order valence-corrected chi connectivity index (χ2v) is 8.62. The Bertz CT molecular complexity index is 702. The summed E-state index contributed by atoms with van der Waals surface area (Å²) < 4.78 is 7.70. The van der Waals surface area contributed by atoms with Crippen LogP contribution in [-0.4, -0.2) is 70.1 Å². The Morgan fingerprint density at radius 1 is 1.32 bits per heavy atom. The predicted octanol–water partition coefficient (Wildman–Crippen LogP) is 1.86. The number of piperidine rings is 2. The minimum atomic E-state index is 0.172. The number of aromatic nitrogens is 2. The van der Waals surface area contributed by atoms with Gasteiger partial charge in [0.05, 0.1) is 6.10 Å². The van der Waals surface area contributed by atoms with E-state index in [-0.39, 0.29) is 23.3 Å². The van der Waals surface area contributed by atoms with Crippen molar-refractivity contribution >= 4 is 11.8 Å². The molecule has 3 saturated heterocycles. The molecule has 3 fully saturated rings. The summed E-state index contributed by atoms with van der Waals surface area (Å²) in [7, 11) is 0. The Morgan fingerprint density at radius 2 is 2.14 bits per heavy atom. The Morgan fingerprint density at radius 3 is 2.86 bits per heavy atom. The van der Waals surface area contributed by atoms with Crippen molar-refractivity contribution in [1.29, 1.82) is 0 Å². The lowest BCUT2D eigenvalue weighted by molar-refractivity contribution is -0.144. The van der Waals surface area contributed by atoms with Gasteiger partial charge in [-0.1, -0.05) is 6.92 Å². The van der Waals surface area contributed by atoms with E-state index < -0.39 is 0 Å². The molecule has 4 heterocycles. The van der Waals surface area contributed by atoms with E-state index in [0.29, 0.717) is 13.0 Å². The van der Waals surface area contributed by atoms with Crippen LogP contribution in [-0.2, 0) is 27.3 Å². The van der Waals surface area contributed by atoms with E-state index in [2.05, 4.69) is 11.9 Å². The van der Waals surface area contributed by atoms with Gasteiger partial charge in [-0.2, -0.15) is 0 Å². The molecule has 0 N–H and O–H groups in total. The average molecular weight is 389 g/mol. The van der Waals surface area contributed by atoms with E-state index >= 15 is 0 Å². The van der Waals surface area contributed by atoms with Crippen LogP contribution in [0, 0.1) is 5.41 Å². The molecule has 4 rings (SSSR count). The molecular formula is C21H32N4O3. The van der Waals surface area contributed by atoms with Crippen molar-refractivity contribution < 1.29 is 14.3 Å². The van der Waals surface area contributed by atoms with E-state index in [1.165, 1.54) is 0 Å². The van der Waals surface area contributed by atoms with Crippen LogP contribution in [0.5, 0.6) is 0 Å². The molecule has 0 aromatic carbocycles. The first-order valence-corrected chi connectivity index (χ1v) is 10.8. The van der Waals surface area contributed by atoms with Crippen LogP contribution in [0.2, 0.25) is 0 Å². The third-order valence-electron chi connectivity index (χ3n) is 6.80. The van der Waals surface area contributed by atoms with Gasteiger partial charge in [-0.3, -0.25) is 9.59 Å². The van der Waals surface area contributed by atoms with Gasteiger partial charge in [0.2, 0.25) is 11.8 Å². The Balaban J connectivity index is 1.32. The molecule has 7 nitrogen and oxygen atoms in total. The van der Waals surface area contributed by atoms with Gasteiger partial charge in [0, 0.05) is 58.0 Å². The summed E-state index contributed by atoms with van der Waals surface area (Å²) in [4.78, 5) is 33.5. The summed E-state index contributed by atoms with van der Waals surface area (Å²) in [5.74, 6) is 1.40. The molecule has 7 heteroatoms. The van der Waals surface area contributed by atoms with Crippen LogP contribution in [0.25, 0.3) is 0 Å². The molecule has 154 valence electrons. The smallest absolute Gasteiger partial charge is 0.242 e. The Labute approximate surface area is 167 Å². The topological polar surface area (TPSA) is 67.7 Å². The van der Waals surface area contributed by atoms with Crippen molar-refractivity contribution in [2.24, 2.45) is 5.41 Å². The summed E-state index contributed by atoms with van der Waals surface area (Å²) in [6.45, 7) is 6.40. The number of carbonyl (C=O) groups is 2. The van der Waals surface area contributed by atoms with Gasteiger partial charge >= 0.3 is 0 Å². The van der Waals surface area contributed by atoms with Gasteiger partial charge in [-0.25, -0.2) is 4.98 Å². The first-order valence-electron chi connectivity index (χ1n) is 10.8. The van der Waals surface area contributed by atoms with Gasteiger partial charge in [0.1, 0.15) is 12.4 Å². The fraction of sp³-hybridized carbons (Fsp3) is 0.762. The second kappa shape index (κ2) is 8.23. The zero-order chi connectivity index (χ0) is 19.6. The molecule has 1 atom stereocenters. The maximum absolute atomic E-state index is 12.7. The third-order valence-corrected chi connectivity index (χ3v) is 6.80. The average Bonchev–Trinajstić information content (AvgIpc) is 3.37. The van der Waals surface area contributed by atoms with E-state index in [1.54, 1.807) is 6.20 Å². The number of aryl methyl sites for hydroxylation is 1. The number of amides is 2. The molecule has 28 heavy (non-hydrogen) atoms. The van der Waals surface area contributed by atoms with Crippen LogP contribution < -0.4 is 0 Å². The highest BCUT2D eigenvalue weighted by molar-refractivity contribution is 5.77. The van der Waals surface area contributed by atoms with Crippen LogP contribution >= 0.6 is 0 Å². The SMILES string of the molecule is CCc1nccn1CC(=O)N1CCC2(CCC(=O)N(CC3CCCO3)C2)CC1. The van der Waals surface area contributed by atoms with Crippen molar-refractivity contribution in [3.05, 3.63) is 18.2 Å². The summed E-state index contributed by atoms with van der Waals surface area (Å²) in [5.41, 5.74) is 0.173. The largest absolute Gasteiger partial charge is 0.376 e. The quantitative estimate of drug-likeness (QED) is 0.772. The van der Waals surface area contributed by atoms with Crippen LogP contribution in [0.15, 0.2) is 12.4 Å². The number of hydrogen-bond acceptors (Lipinski definition) is 4. The molecule has 3 aliphatic rings. The highest BCUT2D eigenvalue weighted by Gasteiger charge is 2.42. The van der Waals surface area contributed by atoms with Crippen molar-refractivity contribution in [3.63, 3.8) is 0 Å². The van der Waals surface area contributed by atoms with Crippen LogP contribution in [0.1, 0.15) is 51.3 Å². The zero-order valence-corrected chi connectivity index (χ0v) is 16.9.